The van der Waals surface area contributed by atoms with Crippen molar-refractivity contribution < 1.29 is 9.53 Å². The lowest BCUT2D eigenvalue weighted by atomic mass is 9.89. The first-order valence-electron chi connectivity index (χ1n) is 8.55. The van der Waals surface area contributed by atoms with Crippen molar-refractivity contribution in [3.05, 3.63) is 29.8 Å². The molecule has 0 aromatic heterocycles. The van der Waals surface area contributed by atoms with E-state index in [1.165, 1.54) is 5.56 Å². The maximum Gasteiger partial charge on any atom is 0.410 e. The van der Waals surface area contributed by atoms with Gasteiger partial charge in [0.25, 0.3) is 0 Å². The molecule has 1 heterocycles. The minimum absolute atomic E-state index is 0.0134. The lowest BCUT2D eigenvalue weighted by molar-refractivity contribution is 0.0184. The van der Waals surface area contributed by atoms with E-state index in [-0.39, 0.29) is 11.6 Å². The third-order valence-corrected chi connectivity index (χ3v) is 4.85. The van der Waals surface area contributed by atoms with Gasteiger partial charge in [0.05, 0.1) is 0 Å². The standard InChI is InChI=1S/C19H30N2O2S/c1-18(2,3)23-17(22)21-12-10-19(4,11-13-21)20-16-8-6-15(7-9-16)14-24-5/h6-9,20H,10-14H2,1-5H3. The van der Waals surface area contributed by atoms with E-state index in [2.05, 4.69) is 42.8 Å². The summed E-state index contributed by atoms with van der Waals surface area (Å²) in [7, 11) is 0. The Morgan fingerprint density at radius 1 is 1.25 bits per heavy atom. The van der Waals surface area contributed by atoms with Crippen molar-refractivity contribution in [2.45, 2.75) is 57.4 Å². The Hall–Kier alpha value is -1.36. The smallest absolute Gasteiger partial charge is 0.410 e. The van der Waals surface area contributed by atoms with Crippen LogP contribution in [0.15, 0.2) is 24.3 Å². The number of benzene rings is 1. The van der Waals surface area contributed by atoms with Gasteiger partial charge < -0.3 is 15.0 Å². The molecule has 0 radical (unpaired) electrons. The van der Waals surface area contributed by atoms with Gasteiger partial charge in [0.2, 0.25) is 0 Å². The fraction of sp³-hybridized carbons (Fsp3) is 0.632. The highest BCUT2D eigenvalue weighted by Gasteiger charge is 2.33. The lowest BCUT2D eigenvalue weighted by Crippen LogP contribution is -2.50. The summed E-state index contributed by atoms with van der Waals surface area (Å²) in [5.41, 5.74) is 2.07. The van der Waals surface area contributed by atoms with E-state index in [1.54, 1.807) is 0 Å². The molecular formula is C19H30N2O2S. The molecule has 0 unspecified atom stereocenters. The highest BCUT2D eigenvalue weighted by Crippen LogP contribution is 2.28. The number of anilines is 1. The first-order valence-corrected chi connectivity index (χ1v) is 9.94. The van der Waals surface area contributed by atoms with Gasteiger partial charge in [-0.2, -0.15) is 11.8 Å². The summed E-state index contributed by atoms with van der Waals surface area (Å²) in [6.45, 7) is 9.39. The van der Waals surface area contributed by atoms with Crippen molar-refractivity contribution in [3.8, 4) is 0 Å². The quantitative estimate of drug-likeness (QED) is 0.851. The van der Waals surface area contributed by atoms with Gasteiger partial charge in [0.15, 0.2) is 0 Å². The zero-order chi connectivity index (χ0) is 17.8. The van der Waals surface area contributed by atoms with Crippen molar-refractivity contribution in [1.82, 2.24) is 4.90 Å². The summed E-state index contributed by atoms with van der Waals surface area (Å²) >= 11 is 1.83. The topological polar surface area (TPSA) is 41.6 Å². The van der Waals surface area contributed by atoms with Crippen LogP contribution < -0.4 is 5.32 Å². The van der Waals surface area contributed by atoms with E-state index in [0.29, 0.717) is 0 Å². The van der Waals surface area contributed by atoms with Crippen LogP contribution in [-0.4, -0.2) is 41.5 Å². The number of likely N-dealkylation sites (tertiary alicyclic amines) is 1. The molecule has 1 amide bonds. The molecule has 5 heteroatoms. The zero-order valence-corrected chi connectivity index (χ0v) is 16.3. The molecule has 134 valence electrons. The first-order chi connectivity index (χ1) is 11.2. The molecule has 0 atom stereocenters. The Balaban J connectivity index is 1.88. The second kappa shape index (κ2) is 7.68. The normalized spacial score (nSPS) is 17.5. The van der Waals surface area contributed by atoms with Gasteiger partial charge in [0.1, 0.15) is 5.60 Å². The summed E-state index contributed by atoms with van der Waals surface area (Å²) in [4.78, 5) is 14.0. The number of rotatable bonds is 4. The van der Waals surface area contributed by atoms with Gasteiger partial charge >= 0.3 is 6.09 Å². The fourth-order valence-corrected chi connectivity index (χ4v) is 3.36. The monoisotopic (exact) mass is 350 g/mol. The third kappa shape index (κ3) is 5.62. The van der Waals surface area contributed by atoms with Gasteiger partial charge in [-0.15, -0.1) is 0 Å². The Morgan fingerprint density at radius 2 is 1.83 bits per heavy atom. The van der Waals surface area contributed by atoms with Gasteiger partial charge in [-0.05, 0) is 64.5 Å². The number of carbonyl (C=O) groups excluding carboxylic acids is 1. The molecular weight excluding hydrogens is 320 g/mol. The summed E-state index contributed by atoms with van der Waals surface area (Å²) in [6, 6.07) is 8.66. The van der Waals surface area contributed by atoms with Crippen LogP contribution in [0.2, 0.25) is 0 Å². The SMILES string of the molecule is CSCc1ccc(NC2(C)CCN(C(=O)OC(C)(C)C)CC2)cc1. The van der Waals surface area contributed by atoms with Crippen LogP contribution >= 0.6 is 11.8 Å². The number of hydrogen-bond acceptors (Lipinski definition) is 4. The predicted octanol–water partition coefficient (Wildman–Crippen LogP) is 4.75. The number of thioether (sulfide) groups is 1. The van der Waals surface area contributed by atoms with Crippen molar-refractivity contribution >= 4 is 23.5 Å². The van der Waals surface area contributed by atoms with E-state index in [0.717, 1.165) is 37.4 Å². The number of hydrogen-bond donors (Lipinski definition) is 1. The van der Waals surface area contributed by atoms with Crippen LogP contribution in [-0.2, 0) is 10.5 Å². The number of amides is 1. The number of nitrogens with one attached hydrogen (secondary N) is 1. The Kier molecular flexibility index (Phi) is 6.07. The van der Waals surface area contributed by atoms with Crippen molar-refractivity contribution in [2.24, 2.45) is 0 Å². The number of ether oxygens (including phenoxy) is 1. The summed E-state index contributed by atoms with van der Waals surface area (Å²) in [6.07, 6.45) is 3.74. The van der Waals surface area contributed by atoms with E-state index in [9.17, 15) is 4.79 Å². The Bertz CT molecular complexity index is 543. The minimum Gasteiger partial charge on any atom is -0.444 e. The molecule has 1 aliphatic rings. The van der Waals surface area contributed by atoms with E-state index in [4.69, 9.17) is 4.74 Å². The zero-order valence-electron chi connectivity index (χ0n) is 15.5. The maximum atomic E-state index is 12.2. The summed E-state index contributed by atoms with van der Waals surface area (Å²) < 4.78 is 5.46. The van der Waals surface area contributed by atoms with E-state index in [1.807, 2.05) is 37.4 Å². The van der Waals surface area contributed by atoms with Crippen LogP contribution in [0.5, 0.6) is 0 Å². The van der Waals surface area contributed by atoms with Gasteiger partial charge in [-0.25, -0.2) is 4.79 Å². The average molecular weight is 351 g/mol. The van der Waals surface area contributed by atoms with Gasteiger partial charge in [-0.3, -0.25) is 0 Å². The maximum absolute atomic E-state index is 12.2. The van der Waals surface area contributed by atoms with Crippen LogP contribution in [0.4, 0.5) is 10.5 Å². The number of carbonyl (C=O) groups is 1. The van der Waals surface area contributed by atoms with Crippen molar-refractivity contribution in [1.29, 1.82) is 0 Å². The molecule has 24 heavy (non-hydrogen) atoms. The van der Waals surface area contributed by atoms with Crippen molar-refractivity contribution in [3.63, 3.8) is 0 Å². The lowest BCUT2D eigenvalue weighted by Gasteiger charge is -2.40. The summed E-state index contributed by atoms with van der Waals surface area (Å²) in [5, 5.41) is 3.65. The molecule has 0 saturated carbocycles. The molecule has 0 bridgehead atoms. The molecule has 2 rings (SSSR count). The van der Waals surface area contributed by atoms with Crippen molar-refractivity contribution in [2.75, 3.05) is 24.7 Å². The molecule has 1 aromatic carbocycles. The van der Waals surface area contributed by atoms with Gasteiger partial charge in [-0.1, -0.05) is 12.1 Å². The average Bonchev–Trinajstić information content (AvgIpc) is 2.48. The minimum atomic E-state index is -0.436. The van der Waals surface area contributed by atoms with Gasteiger partial charge in [0, 0.05) is 30.1 Å². The molecule has 1 aliphatic heterocycles. The van der Waals surface area contributed by atoms with Crippen LogP contribution in [0.3, 0.4) is 0 Å². The molecule has 0 aliphatic carbocycles. The molecule has 4 nitrogen and oxygen atoms in total. The van der Waals surface area contributed by atoms with Crippen LogP contribution in [0.25, 0.3) is 0 Å². The molecule has 1 saturated heterocycles. The second-order valence-electron chi connectivity index (χ2n) is 7.78. The molecule has 1 aromatic rings. The predicted molar refractivity (Wildman–Crippen MR) is 103 cm³/mol. The molecule has 1 N–H and O–H groups in total. The highest BCUT2D eigenvalue weighted by atomic mass is 32.2. The highest BCUT2D eigenvalue weighted by molar-refractivity contribution is 7.97. The first kappa shape index (κ1) is 19.0. The molecule has 1 fully saturated rings. The van der Waals surface area contributed by atoms with E-state index >= 15 is 0 Å². The second-order valence-corrected chi connectivity index (χ2v) is 8.65. The summed E-state index contributed by atoms with van der Waals surface area (Å²) in [5.74, 6) is 1.04. The van der Waals surface area contributed by atoms with Crippen LogP contribution in [0, 0.1) is 0 Å². The molecule has 0 spiro atoms. The Labute approximate surface area is 150 Å². The number of piperidine rings is 1. The third-order valence-electron chi connectivity index (χ3n) is 4.23. The fourth-order valence-electron chi connectivity index (χ4n) is 2.83. The van der Waals surface area contributed by atoms with E-state index < -0.39 is 5.60 Å². The largest absolute Gasteiger partial charge is 0.444 e. The Morgan fingerprint density at radius 3 is 2.33 bits per heavy atom. The number of nitrogens with zero attached hydrogens (tertiary/aromatic N) is 1. The van der Waals surface area contributed by atoms with Crippen LogP contribution in [0.1, 0.15) is 46.1 Å².